The Morgan fingerprint density at radius 3 is 2.42 bits per heavy atom. The fourth-order valence-electron chi connectivity index (χ4n) is 2.68. The highest BCUT2D eigenvalue weighted by atomic mass is 127. The summed E-state index contributed by atoms with van der Waals surface area (Å²) in [5.41, 5.74) is 1.14. The number of aliphatic imine (C=N–C) groups is 1. The van der Waals surface area contributed by atoms with Gasteiger partial charge in [-0.2, -0.15) is 0 Å². The van der Waals surface area contributed by atoms with Crippen LogP contribution in [0.15, 0.2) is 35.3 Å². The van der Waals surface area contributed by atoms with E-state index in [9.17, 15) is 5.11 Å². The normalized spacial score (nSPS) is 17.1. The number of aliphatic hydroxyl groups is 1. The van der Waals surface area contributed by atoms with Gasteiger partial charge < -0.3 is 15.7 Å². The lowest BCUT2D eigenvalue weighted by molar-refractivity contribution is 0.247. The van der Waals surface area contributed by atoms with E-state index in [-0.39, 0.29) is 36.5 Å². The van der Waals surface area contributed by atoms with Crippen LogP contribution < -0.4 is 10.6 Å². The van der Waals surface area contributed by atoms with Crippen molar-refractivity contribution in [3.63, 3.8) is 0 Å². The van der Waals surface area contributed by atoms with Crippen molar-refractivity contribution in [1.82, 2.24) is 15.5 Å². The highest BCUT2D eigenvalue weighted by molar-refractivity contribution is 14.0. The molecular weight excluding hydrogens is 415 g/mol. The lowest BCUT2D eigenvalue weighted by Crippen LogP contribution is -2.46. The number of hydrogen-bond donors (Lipinski definition) is 3. The van der Waals surface area contributed by atoms with Crippen LogP contribution >= 0.6 is 24.0 Å². The first-order valence-corrected chi connectivity index (χ1v) is 8.48. The van der Waals surface area contributed by atoms with Crippen LogP contribution in [0.3, 0.4) is 0 Å². The van der Waals surface area contributed by atoms with Gasteiger partial charge in [-0.05, 0) is 32.4 Å². The van der Waals surface area contributed by atoms with Gasteiger partial charge >= 0.3 is 0 Å². The Hall–Kier alpha value is -0.860. The summed E-state index contributed by atoms with van der Waals surface area (Å²) in [6.07, 6.45) is 2.64. The summed E-state index contributed by atoms with van der Waals surface area (Å²) in [7, 11) is 3.97. The van der Waals surface area contributed by atoms with Gasteiger partial charge in [0.2, 0.25) is 0 Å². The van der Waals surface area contributed by atoms with Gasteiger partial charge in [0, 0.05) is 38.1 Å². The molecule has 1 saturated carbocycles. The van der Waals surface area contributed by atoms with Gasteiger partial charge in [0.25, 0.3) is 0 Å². The highest BCUT2D eigenvalue weighted by Crippen LogP contribution is 2.26. The van der Waals surface area contributed by atoms with Gasteiger partial charge in [-0.15, -0.1) is 24.0 Å². The Labute approximate surface area is 162 Å². The van der Waals surface area contributed by atoms with Crippen molar-refractivity contribution in [1.29, 1.82) is 0 Å². The molecule has 0 saturated heterocycles. The van der Waals surface area contributed by atoms with Crippen molar-refractivity contribution in [3.8, 4) is 0 Å². The van der Waals surface area contributed by atoms with Crippen molar-refractivity contribution < 1.29 is 5.11 Å². The molecule has 24 heavy (non-hydrogen) atoms. The monoisotopic (exact) mass is 446 g/mol. The molecule has 0 aliphatic heterocycles. The maximum absolute atomic E-state index is 9.62. The van der Waals surface area contributed by atoms with Gasteiger partial charge in [-0.25, -0.2) is 0 Å². The summed E-state index contributed by atoms with van der Waals surface area (Å²) in [5, 5.41) is 16.3. The number of halogens is 1. The molecule has 2 rings (SSSR count). The Kier molecular flexibility index (Phi) is 9.61. The van der Waals surface area contributed by atoms with E-state index < -0.39 is 0 Å². The van der Waals surface area contributed by atoms with E-state index in [4.69, 9.17) is 0 Å². The van der Waals surface area contributed by atoms with Crippen molar-refractivity contribution in [2.75, 3.05) is 33.8 Å². The molecule has 1 aliphatic carbocycles. The summed E-state index contributed by atoms with van der Waals surface area (Å²) in [5.74, 6) is 0.858. The standard InChI is InChI=1S/C18H30N4O.HI/c1-14(22(3)17-9-10-17)11-20-18(19-2)21-12-16(13-23)15-7-5-4-6-8-15;/h4-8,14,16-17,23H,9-13H2,1-3H3,(H2,19,20,21);1H. The predicted octanol–water partition coefficient (Wildman–Crippen LogP) is 2.03. The van der Waals surface area contributed by atoms with Crippen molar-refractivity contribution in [2.24, 2.45) is 4.99 Å². The molecule has 3 N–H and O–H groups in total. The smallest absolute Gasteiger partial charge is 0.191 e. The molecule has 2 unspecified atom stereocenters. The molecule has 1 aromatic carbocycles. The van der Waals surface area contributed by atoms with Gasteiger partial charge in [0.05, 0.1) is 6.61 Å². The number of nitrogens with one attached hydrogen (secondary N) is 2. The van der Waals surface area contributed by atoms with Gasteiger partial charge in [-0.1, -0.05) is 30.3 Å². The number of aliphatic hydroxyl groups excluding tert-OH is 1. The molecule has 2 atom stereocenters. The molecule has 1 aromatic rings. The van der Waals surface area contributed by atoms with Crippen LogP contribution in [-0.2, 0) is 0 Å². The number of guanidine groups is 1. The van der Waals surface area contributed by atoms with E-state index in [0.29, 0.717) is 12.6 Å². The molecule has 0 amide bonds. The number of hydrogen-bond acceptors (Lipinski definition) is 3. The third-order valence-corrected chi connectivity index (χ3v) is 4.61. The molecule has 0 spiro atoms. The van der Waals surface area contributed by atoms with Crippen molar-refractivity contribution in [2.45, 2.75) is 37.8 Å². The number of nitrogens with zero attached hydrogens (tertiary/aromatic N) is 2. The molecule has 0 heterocycles. The molecule has 1 fully saturated rings. The molecular formula is C18H31IN4O. The molecule has 5 nitrogen and oxygen atoms in total. The minimum Gasteiger partial charge on any atom is -0.396 e. The molecule has 0 radical (unpaired) electrons. The topological polar surface area (TPSA) is 59.9 Å². The fourth-order valence-corrected chi connectivity index (χ4v) is 2.68. The SMILES string of the molecule is CN=C(NCC(CO)c1ccccc1)NCC(C)N(C)C1CC1.I. The zero-order valence-corrected chi connectivity index (χ0v) is 17.2. The zero-order valence-electron chi connectivity index (χ0n) is 14.9. The fraction of sp³-hybridized carbons (Fsp3) is 0.611. The van der Waals surface area contributed by atoms with E-state index in [1.807, 2.05) is 30.3 Å². The van der Waals surface area contributed by atoms with E-state index in [1.54, 1.807) is 7.05 Å². The maximum Gasteiger partial charge on any atom is 0.191 e. The minimum atomic E-state index is 0. The van der Waals surface area contributed by atoms with Crippen LogP contribution in [0.25, 0.3) is 0 Å². The summed E-state index contributed by atoms with van der Waals surface area (Å²) >= 11 is 0. The Balaban J connectivity index is 0.00000288. The first-order chi connectivity index (χ1) is 11.2. The third kappa shape index (κ3) is 6.57. The first-order valence-electron chi connectivity index (χ1n) is 8.48. The van der Waals surface area contributed by atoms with Gasteiger partial charge in [0.15, 0.2) is 5.96 Å². The molecule has 0 aromatic heterocycles. The van der Waals surface area contributed by atoms with Crippen LogP contribution in [0, 0.1) is 0 Å². The third-order valence-electron chi connectivity index (χ3n) is 4.61. The van der Waals surface area contributed by atoms with E-state index in [2.05, 4.69) is 34.5 Å². The number of likely N-dealkylation sites (N-methyl/N-ethyl adjacent to an activating group) is 1. The minimum absolute atomic E-state index is 0. The van der Waals surface area contributed by atoms with Crippen LogP contribution in [0.5, 0.6) is 0 Å². The van der Waals surface area contributed by atoms with E-state index in [1.165, 1.54) is 12.8 Å². The largest absolute Gasteiger partial charge is 0.396 e. The second-order valence-corrected chi connectivity index (χ2v) is 6.37. The molecule has 136 valence electrons. The van der Waals surface area contributed by atoms with Crippen LogP contribution in [0.4, 0.5) is 0 Å². The summed E-state index contributed by atoms with van der Waals surface area (Å²) < 4.78 is 0. The first kappa shape index (κ1) is 21.2. The Morgan fingerprint density at radius 1 is 1.25 bits per heavy atom. The predicted molar refractivity (Wildman–Crippen MR) is 111 cm³/mol. The Bertz CT molecular complexity index is 493. The molecule has 6 heteroatoms. The summed E-state index contributed by atoms with van der Waals surface area (Å²) in [4.78, 5) is 6.71. The van der Waals surface area contributed by atoms with Crippen LogP contribution in [0.2, 0.25) is 0 Å². The van der Waals surface area contributed by atoms with Gasteiger partial charge in [-0.3, -0.25) is 9.89 Å². The number of rotatable bonds is 8. The average Bonchev–Trinajstić information content (AvgIpc) is 3.43. The average molecular weight is 446 g/mol. The number of benzene rings is 1. The zero-order chi connectivity index (χ0) is 16.7. The Morgan fingerprint density at radius 2 is 1.88 bits per heavy atom. The quantitative estimate of drug-likeness (QED) is 0.325. The lowest BCUT2D eigenvalue weighted by Gasteiger charge is -2.26. The highest BCUT2D eigenvalue weighted by Gasteiger charge is 2.28. The van der Waals surface area contributed by atoms with Gasteiger partial charge in [0.1, 0.15) is 0 Å². The second-order valence-electron chi connectivity index (χ2n) is 6.37. The summed E-state index contributed by atoms with van der Waals surface area (Å²) in [6.45, 7) is 3.88. The van der Waals surface area contributed by atoms with Crippen LogP contribution in [0.1, 0.15) is 31.2 Å². The second kappa shape index (κ2) is 10.9. The molecule has 1 aliphatic rings. The van der Waals surface area contributed by atoms with Crippen molar-refractivity contribution >= 4 is 29.9 Å². The lowest BCUT2D eigenvalue weighted by atomic mass is 10.0. The van der Waals surface area contributed by atoms with E-state index in [0.717, 1.165) is 24.1 Å². The van der Waals surface area contributed by atoms with Crippen LogP contribution in [-0.4, -0.2) is 61.8 Å². The van der Waals surface area contributed by atoms with Crippen molar-refractivity contribution in [3.05, 3.63) is 35.9 Å². The summed E-state index contributed by atoms with van der Waals surface area (Å²) in [6, 6.07) is 11.3. The molecule has 0 bridgehead atoms. The van der Waals surface area contributed by atoms with E-state index >= 15 is 0 Å². The maximum atomic E-state index is 9.62.